The maximum atomic E-state index is 12.9. The van der Waals surface area contributed by atoms with Crippen LogP contribution in [0.15, 0.2) is 53.4 Å². The summed E-state index contributed by atoms with van der Waals surface area (Å²) in [7, 11) is -3.95. The van der Waals surface area contributed by atoms with E-state index in [0.717, 1.165) is 24.3 Å². The second-order valence-corrected chi connectivity index (χ2v) is 7.09. The minimum Gasteiger partial charge on any atom is -0.351 e. The van der Waals surface area contributed by atoms with Crippen molar-refractivity contribution in [2.24, 2.45) is 0 Å². The predicted octanol–water partition coefficient (Wildman–Crippen LogP) is 2.34. The van der Waals surface area contributed by atoms with Crippen LogP contribution in [-0.2, 0) is 21.4 Å². The number of hydrogen-bond acceptors (Lipinski definition) is 3. The van der Waals surface area contributed by atoms with Crippen LogP contribution in [0.5, 0.6) is 0 Å². The molecule has 2 aromatic carbocycles. The number of rotatable bonds is 7. The van der Waals surface area contributed by atoms with Crippen molar-refractivity contribution in [1.29, 1.82) is 0 Å². The van der Waals surface area contributed by atoms with Crippen molar-refractivity contribution in [1.82, 2.24) is 10.0 Å². The highest BCUT2D eigenvalue weighted by atomic mass is 32.2. The smallest absolute Gasteiger partial charge is 0.241 e. The molecule has 0 aliphatic carbocycles. The predicted molar refractivity (Wildman–Crippen MR) is 89.0 cm³/mol. The standard InChI is InChI=1S/C17H18F2N2O3S/c1-2-16(17(22)20-11-12-3-5-13(18)6-4-12)21-25(23,24)15-9-7-14(19)8-10-15/h3-10,16,21H,2,11H2,1H3,(H,20,22). The van der Waals surface area contributed by atoms with E-state index in [-0.39, 0.29) is 23.7 Å². The van der Waals surface area contributed by atoms with E-state index < -0.39 is 27.8 Å². The van der Waals surface area contributed by atoms with E-state index in [1.165, 1.54) is 24.3 Å². The van der Waals surface area contributed by atoms with E-state index in [9.17, 15) is 22.0 Å². The van der Waals surface area contributed by atoms with E-state index in [0.29, 0.717) is 5.56 Å². The Hall–Kier alpha value is -2.32. The van der Waals surface area contributed by atoms with Gasteiger partial charge in [0.15, 0.2) is 0 Å². The van der Waals surface area contributed by atoms with Gasteiger partial charge in [-0.3, -0.25) is 4.79 Å². The Balaban J connectivity index is 2.01. The molecule has 25 heavy (non-hydrogen) atoms. The molecule has 0 aromatic heterocycles. The van der Waals surface area contributed by atoms with Crippen LogP contribution in [0.1, 0.15) is 18.9 Å². The summed E-state index contributed by atoms with van der Waals surface area (Å²) in [6.07, 6.45) is 0.232. The first-order valence-electron chi connectivity index (χ1n) is 7.62. The van der Waals surface area contributed by atoms with Gasteiger partial charge in [0.25, 0.3) is 0 Å². The summed E-state index contributed by atoms with van der Waals surface area (Å²) in [6.45, 7) is 1.81. The lowest BCUT2D eigenvalue weighted by atomic mass is 10.2. The second-order valence-electron chi connectivity index (χ2n) is 5.38. The molecule has 0 aliphatic heterocycles. The molecule has 0 saturated carbocycles. The van der Waals surface area contributed by atoms with Gasteiger partial charge in [-0.2, -0.15) is 4.72 Å². The Kier molecular flexibility index (Phi) is 6.22. The lowest BCUT2D eigenvalue weighted by Crippen LogP contribution is -2.46. The van der Waals surface area contributed by atoms with Gasteiger partial charge in [-0.05, 0) is 48.4 Å². The molecule has 0 fully saturated rings. The van der Waals surface area contributed by atoms with Crippen LogP contribution in [0.3, 0.4) is 0 Å². The van der Waals surface area contributed by atoms with Gasteiger partial charge in [-0.1, -0.05) is 19.1 Å². The van der Waals surface area contributed by atoms with E-state index in [1.54, 1.807) is 6.92 Å². The maximum absolute atomic E-state index is 12.9. The summed E-state index contributed by atoms with van der Waals surface area (Å²) < 4.78 is 52.6. The lowest BCUT2D eigenvalue weighted by Gasteiger charge is -2.17. The van der Waals surface area contributed by atoms with E-state index in [1.807, 2.05) is 0 Å². The van der Waals surface area contributed by atoms with Crippen LogP contribution in [0.2, 0.25) is 0 Å². The lowest BCUT2D eigenvalue weighted by molar-refractivity contribution is -0.122. The third-order valence-electron chi connectivity index (χ3n) is 3.53. The van der Waals surface area contributed by atoms with Gasteiger partial charge in [0.2, 0.25) is 15.9 Å². The Morgan fingerprint density at radius 2 is 1.52 bits per heavy atom. The maximum Gasteiger partial charge on any atom is 0.241 e. The van der Waals surface area contributed by atoms with Crippen LogP contribution in [0, 0.1) is 11.6 Å². The fraction of sp³-hybridized carbons (Fsp3) is 0.235. The van der Waals surface area contributed by atoms with Crippen molar-refractivity contribution in [3.8, 4) is 0 Å². The second kappa shape index (κ2) is 8.17. The first-order valence-corrected chi connectivity index (χ1v) is 9.10. The van der Waals surface area contributed by atoms with Gasteiger partial charge in [0, 0.05) is 6.54 Å². The number of amides is 1. The Morgan fingerprint density at radius 3 is 2.04 bits per heavy atom. The minimum atomic E-state index is -3.95. The molecule has 2 N–H and O–H groups in total. The van der Waals surface area contributed by atoms with Crippen LogP contribution < -0.4 is 10.0 Å². The average Bonchev–Trinajstić information content (AvgIpc) is 2.59. The third kappa shape index (κ3) is 5.33. The number of hydrogen-bond donors (Lipinski definition) is 2. The number of nitrogens with one attached hydrogen (secondary N) is 2. The summed E-state index contributed by atoms with van der Waals surface area (Å²) in [5.74, 6) is -1.44. The number of sulfonamides is 1. The van der Waals surface area contributed by atoms with Crippen LogP contribution in [0.25, 0.3) is 0 Å². The molecule has 134 valence electrons. The number of carbonyl (C=O) groups is 1. The molecule has 0 spiro atoms. The van der Waals surface area contributed by atoms with Crippen molar-refractivity contribution >= 4 is 15.9 Å². The monoisotopic (exact) mass is 368 g/mol. The molecule has 1 atom stereocenters. The Labute approximate surface area is 145 Å². The normalized spacial score (nSPS) is 12.6. The van der Waals surface area contributed by atoms with Gasteiger partial charge >= 0.3 is 0 Å². The molecular formula is C17H18F2N2O3S. The zero-order valence-electron chi connectivity index (χ0n) is 13.5. The largest absolute Gasteiger partial charge is 0.351 e. The fourth-order valence-electron chi connectivity index (χ4n) is 2.11. The molecule has 5 nitrogen and oxygen atoms in total. The zero-order chi connectivity index (χ0) is 18.4. The molecule has 1 unspecified atom stereocenters. The van der Waals surface area contributed by atoms with Gasteiger partial charge in [-0.15, -0.1) is 0 Å². The van der Waals surface area contributed by atoms with Crippen molar-refractivity contribution in [3.05, 3.63) is 65.7 Å². The third-order valence-corrected chi connectivity index (χ3v) is 5.01. The molecule has 2 aromatic rings. The van der Waals surface area contributed by atoms with Crippen LogP contribution in [-0.4, -0.2) is 20.4 Å². The SMILES string of the molecule is CCC(NS(=O)(=O)c1ccc(F)cc1)C(=O)NCc1ccc(F)cc1. The first kappa shape index (κ1) is 19.0. The van der Waals surface area contributed by atoms with E-state index in [2.05, 4.69) is 10.0 Å². The van der Waals surface area contributed by atoms with Crippen LogP contribution >= 0.6 is 0 Å². The van der Waals surface area contributed by atoms with Crippen molar-refractivity contribution in [3.63, 3.8) is 0 Å². The summed E-state index contributed by atoms with van der Waals surface area (Å²) in [4.78, 5) is 12.1. The highest BCUT2D eigenvalue weighted by molar-refractivity contribution is 7.89. The summed E-state index contributed by atoms with van der Waals surface area (Å²) >= 11 is 0. The molecule has 0 aliphatic rings. The quantitative estimate of drug-likeness (QED) is 0.788. The molecule has 0 saturated heterocycles. The first-order chi connectivity index (χ1) is 11.8. The van der Waals surface area contributed by atoms with E-state index in [4.69, 9.17) is 0 Å². The highest BCUT2D eigenvalue weighted by Crippen LogP contribution is 2.11. The zero-order valence-corrected chi connectivity index (χ0v) is 14.3. The molecule has 0 heterocycles. The van der Waals surface area contributed by atoms with Crippen LogP contribution in [0.4, 0.5) is 8.78 Å². The summed E-state index contributed by atoms with van der Waals surface area (Å²) in [6, 6.07) is 8.94. The topological polar surface area (TPSA) is 75.3 Å². The van der Waals surface area contributed by atoms with Gasteiger partial charge in [0.05, 0.1) is 4.90 Å². The number of halogens is 2. The molecule has 8 heteroatoms. The molecule has 0 radical (unpaired) electrons. The van der Waals surface area contributed by atoms with Crippen molar-refractivity contribution in [2.45, 2.75) is 30.8 Å². The summed E-state index contributed by atoms with van der Waals surface area (Å²) in [5, 5.41) is 2.60. The average molecular weight is 368 g/mol. The van der Waals surface area contributed by atoms with Crippen molar-refractivity contribution < 1.29 is 22.0 Å². The number of carbonyl (C=O) groups excluding carboxylic acids is 1. The summed E-state index contributed by atoms with van der Waals surface area (Å²) in [5.41, 5.74) is 0.686. The van der Waals surface area contributed by atoms with Gasteiger partial charge in [0.1, 0.15) is 17.7 Å². The fourth-order valence-corrected chi connectivity index (χ4v) is 3.38. The van der Waals surface area contributed by atoms with Gasteiger partial charge < -0.3 is 5.32 Å². The van der Waals surface area contributed by atoms with Gasteiger partial charge in [-0.25, -0.2) is 17.2 Å². The van der Waals surface area contributed by atoms with Crippen molar-refractivity contribution in [2.75, 3.05) is 0 Å². The molecular weight excluding hydrogens is 350 g/mol. The Morgan fingerprint density at radius 1 is 1.00 bits per heavy atom. The number of benzene rings is 2. The molecule has 1 amide bonds. The molecule has 0 bridgehead atoms. The Bertz CT molecular complexity index is 822. The highest BCUT2D eigenvalue weighted by Gasteiger charge is 2.24. The molecule has 2 rings (SSSR count). The van der Waals surface area contributed by atoms with E-state index >= 15 is 0 Å². The minimum absolute atomic E-state index is 0.126.